The first-order valence-corrected chi connectivity index (χ1v) is 10.9. The first kappa shape index (κ1) is 23.7. The molecule has 4 amide bonds. The Labute approximate surface area is 201 Å². The number of ether oxygens (including phenoxy) is 2. The van der Waals surface area contributed by atoms with E-state index in [0.29, 0.717) is 22.9 Å². The van der Waals surface area contributed by atoms with Gasteiger partial charge in [0, 0.05) is 12.2 Å². The molecule has 9 heteroatoms. The van der Waals surface area contributed by atoms with Gasteiger partial charge in [-0.1, -0.05) is 12.1 Å². The lowest BCUT2D eigenvalue weighted by atomic mass is 10.1. The van der Waals surface area contributed by atoms with Gasteiger partial charge in [0.05, 0.1) is 26.3 Å². The van der Waals surface area contributed by atoms with E-state index in [1.165, 1.54) is 43.4 Å². The Morgan fingerprint density at radius 2 is 1.63 bits per heavy atom. The number of anilines is 2. The van der Waals surface area contributed by atoms with E-state index < -0.39 is 29.7 Å². The van der Waals surface area contributed by atoms with Crippen LogP contribution in [0.15, 0.2) is 72.8 Å². The third-order valence-electron chi connectivity index (χ3n) is 5.64. The fourth-order valence-corrected chi connectivity index (χ4v) is 3.87. The van der Waals surface area contributed by atoms with E-state index in [2.05, 4.69) is 5.32 Å². The number of nitrogens with zero attached hydrogens (tertiary/aromatic N) is 2. The monoisotopic (exact) mass is 477 g/mol. The van der Waals surface area contributed by atoms with Crippen molar-refractivity contribution < 1.29 is 28.2 Å². The highest BCUT2D eigenvalue weighted by Gasteiger charge is 2.46. The largest absolute Gasteiger partial charge is 0.497 e. The second kappa shape index (κ2) is 10.3. The van der Waals surface area contributed by atoms with Crippen LogP contribution >= 0.6 is 0 Å². The summed E-state index contributed by atoms with van der Waals surface area (Å²) in [5.74, 6) is -0.235. The maximum Gasteiger partial charge on any atom is 0.332 e. The van der Waals surface area contributed by atoms with Crippen LogP contribution in [0.2, 0.25) is 0 Å². The smallest absolute Gasteiger partial charge is 0.332 e. The number of carbonyl (C=O) groups is 3. The zero-order valence-electron chi connectivity index (χ0n) is 19.2. The van der Waals surface area contributed by atoms with Gasteiger partial charge in [0.25, 0.3) is 5.91 Å². The zero-order valence-corrected chi connectivity index (χ0v) is 19.2. The van der Waals surface area contributed by atoms with Crippen molar-refractivity contribution in [2.75, 3.05) is 24.4 Å². The van der Waals surface area contributed by atoms with Crippen molar-refractivity contribution in [2.45, 2.75) is 19.0 Å². The normalized spacial score (nSPS) is 15.3. The molecule has 3 aromatic carbocycles. The van der Waals surface area contributed by atoms with Crippen LogP contribution in [0.5, 0.6) is 11.5 Å². The molecule has 0 aliphatic carbocycles. The molecule has 0 radical (unpaired) electrons. The van der Waals surface area contributed by atoms with E-state index in [9.17, 15) is 18.8 Å². The molecule has 4 rings (SSSR count). The minimum absolute atomic E-state index is 0.100. The molecule has 0 aromatic heterocycles. The molecule has 1 heterocycles. The molecule has 0 saturated carbocycles. The summed E-state index contributed by atoms with van der Waals surface area (Å²) in [4.78, 5) is 42.0. The number of methoxy groups -OCH3 is 2. The average Bonchev–Trinajstić information content (AvgIpc) is 3.09. The quantitative estimate of drug-likeness (QED) is 0.491. The lowest BCUT2D eigenvalue weighted by Crippen LogP contribution is -2.37. The Morgan fingerprint density at radius 3 is 2.29 bits per heavy atom. The molecule has 1 N–H and O–H groups in total. The van der Waals surface area contributed by atoms with Gasteiger partial charge in [-0.3, -0.25) is 9.59 Å². The van der Waals surface area contributed by atoms with Crippen molar-refractivity contribution in [3.8, 4) is 11.5 Å². The Morgan fingerprint density at radius 1 is 0.943 bits per heavy atom. The molecule has 1 saturated heterocycles. The predicted molar refractivity (Wildman–Crippen MR) is 128 cm³/mol. The number of hydrogen-bond acceptors (Lipinski definition) is 5. The van der Waals surface area contributed by atoms with E-state index in [-0.39, 0.29) is 13.0 Å². The summed E-state index contributed by atoms with van der Waals surface area (Å²) < 4.78 is 23.6. The second-order valence-corrected chi connectivity index (χ2v) is 7.91. The number of rotatable bonds is 8. The summed E-state index contributed by atoms with van der Waals surface area (Å²) in [5, 5.41) is 2.65. The third kappa shape index (κ3) is 5.24. The van der Waals surface area contributed by atoms with Crippen LogP contribution in [-0.4, -0.2) is 43.0 Å². The number of nitrogens with one attached hydrogen (secondary N) is 1. The number of benzene rings is 3. The summed E-state index contributed by atoms with van der Waals surface area (Å²) in [6.07, 6.45) is -0.265. The molecule has 1 atom stereocenters. The topological polar surface area (TPSA) is 88.2 Å². The molecule has 8 nitrogen and oxygen atoms in total. The second-order valence-electron chi connectivity index (χ2n) is 7.91. The van der Waals surface area contributed by atoms with E-state index in [1.54, 1.807) is 42.5 Å². The van der Waals surface area contributed by atoms with Crippen LogP contribution in [0.25, 0.3) is 0 Å². The average molecular weight is 477 g/mol. The fraction of sp³-hybridized carbons (Fsp3) is 0.192. The summed E-state index contributed by atoms with van der Waals surface area (Å²) >= 11 is 0. The number of hydrogen-bond donors (Lipinski definition) is 1. The number of halogens is 1. The Hall–Kier alpha value is -4.40. The Kier molecular flexibility index (Phi) is 6.96. The highest BCUT2D eigenvalue weighted by atomic mass is 19.1. The van der Waals surface area contributed by atoms with Gasteiger partial charge in [0.15, 0.2) is 0 Å². The maximum absolute atomic E-state index is 13.4. The van der Waals surface area contributed by atoms with Gasteiger partial charge in [-0.2, -0.15) is 0 Å². The van der Waals surface area contributed by atoms with Gasteiger partial charge in [-0.05, 0) is 66.2 Å². The van der Waals surface area contributed by atoms with Crippen molar-refractivity contribution in [1.29, 1.82) is 0 Å². The minimum atomic E-state index is -1.03. The lowest BCUT2D eigenvalue weighted by molar-refractivity contribution is -0.124. The van der Waals surface area contributed by atoms with Crippen molar-refractivity contribution in [1.82, 2.24) is 4.90 Å². The van der Waals surface area contributed by atoms with Crippen molar-refractivity contribution in [3.05, 3.63) is 84.2 Å². The number of urea groups is 1. The van der Waals surface area contributed by atoms with Gasteiger partial charge in [0.2, 0.25) is 5.91 Å². The Balaban J connectivity index is 1.61. The van der Waals surface area contributed by atoms with Crippen LogP contribution in [0, 0.1) is 5.82 Å². The Bertz CT molecular complexity index is 1230. The molecule has 35 heavy (non-hydrogen) atoms. The molecule has 1 aliphatic heterocycles. The van der Waals surface area contributed by atoms with Gasteiger partial charge in [0.1, 0.15) is 23.4 Å². The van der Waals surface area contributed by atoms with Crippen molar-refractivity contribution in [3.63, 3.8) is 0 Å². The van der Waals surface area contributed by atoms with E-state index >= 15 is 0 Å². The molecule has 1 unspecified atom stereocenters. The molecular formula is C26H24FN3O5. The molecular weight excluding hydrogens is 453 g/mol. The van der Waals surface area contributed by atoms with Gasteiger partial charge in [-0.15, -0.1) is 0 Å². The fourth-order valence-electron chi connectivity index (χ4n) is 3.87. The molecule has 1 fully saturated rings. The van der Waals surface area contributed by atoms with Crippen LogP contribution in [0.1, 0.15) is 12.0 Å². The molecule has 0 bridgehead atoms. The van der Waals surface area contributed by atoms with Crippen LogP contribution in [0.3, 0.4) is 0 Å². The molecule has 1 aliphatic rings. The SMILES string of the molecule is COc1ccc(N2C(=O)C(CC(=O)Nc3ccc(F)cc3)N(Cc3cccc(OC)c3)C2=O)cc1. The first-order valence-electron chi connectivity index (χ1n) is 10.9. The lowest BCUT2D eigenvalue weighted by Gasteiger charge is -2.22. The van der Waals surface area contributed by atoms with Crippen molar-refractivity contribution >= 4 is 29.2 Å². The molecule has 180 valence electrons. The van der Waals surface area contributed by atoms with Crippen LogP contribution in [0.4, 0.5) is 20.6 Å². The summed E-state index contributed by atoms with van der Waals surface area (Å²) in [6, 6.07) is 17.4. The minimum Gasteiger partial charge on any atom is -0.497 e. The number of imide groups is 1. The highest BCUT2D eigenvalue weighted by Crippen LogP contribution is 2.30. The third-order valence-corrected chi connectivity index (χ3v) is 5.64. The maximum atomic E-state index is 13.4. The first-order chi connectivity index (χ1) is 16.9. The molecule has 3 aromatic rings. The van der Waals surface area contributed by atoms with Crippen LogP contribution < -0.4 is 19.7 Å². The van der Waals surface area contributed by atoms with Gasteiger partial charge < -0.3 is 19.7 Å². The highest BCUT2D eigenvalue weighted by molar-refractivity contribution is 6.22. The van der Waals surface area contributed by atoms with E-state index in [1.807, 2.05) is 6.07 Å². The summed E-state index contributed by atoms with van der Waals surface area (Å²) in [6.45, 7) is 0.100. The summed E-state index contributed by atoms with van der Waals surface area (Å²) in [7, 11) is 3.06. The van der Waals surface area contributed by atoms with E-state index in [4.69, 9.17) is 9.47 Å². The zero-order chi connectivity index (χ0) is 24.9. The summed E-state index contributed by atoms with van der Waals surface area (Å²) in [5.41, 5.74) is 1.50. The number of amides is 4. The van der Waals surface area contributed by atoms with E-state index in [0.717, 1.165) is 10.5 Å². The predicted octanol–water partition coefficient (Wildman–Crippen LogP) is 4.21. The van der Waals surface area contributed by atoms with Crippen molar-refractivity contribution in [2.24, 2.45) is 0 Å². The number of carbonyl (C=O) groups excluding carboxylic acids is 3. The molecule has 0 spiro atoms. The van der Waals surface area contributed by atoms with Gasteiger partial charge >= 0.3 is 6.03 Å². The van der Waals surface area contributed by atoms with Crippen LogP contribution in [-0.2, 0) is 16.1 Å². The van der Waals surface area contributed by atoms with Gasteiger partial charge in [-0.25, -0.2) is 14.1 Å². The standard InChI is InChI=1S/C26H24FN3O5/c1-34-21-12-10-20(11-13-21)30-25(32)23(15-24(31)28-19-8-6-18(27)7-9-19)29(26(30)33)16-17-4-3-5-22(14-17)35-2/h3-14,23H,15-16H2,1-2H3,(H,28,31).